The minimum Gasteiger partial charge on any atom is -0.416 e. The molecule has 0 saturated carbocycles. The minimum absolute atomic E-state index is 0.478. The number of sulfonamides is 1. The molecule has 0 spiro atoms. The van der Waals surface area contributed by atoms with Crippen LogP contribution in [0.2, 0.25) is 0 Å². The first kappa shape index (κ1) is 19.1. The normalized spacial score (nSPS) is 11.0. The molecule has 2 rings (SSSR count). The maximum absolute atomic E-state index is 13.5. The van der Waals surface area contributed by atoms with Crippen LogP contribution in [0, 0.1) is 29.1 Å². The molecule has 26 heavy (non-hydrogen) atoms. The SMILES string of the molecule is [N-]=[N+]=NS(=O)(=O)c1ccc(C(=O)Oc2c(F)c(F)c(F)c(F)c2F)cc1. The van der Waals surface area contributed by atoms with Crippen LogP contribution in [0.5, 0.6) is 5.75 Å². The van der Waals surface area contributed by atoms with Gasteiger partial charge in [0.2, 0.25) is 34.8 Å². The lowest BCUT2D eigenvalue weighted by Crippen LogP contribution is -2.14. The van der Waals surface area contributed by atoms with Gasteiger partial charge in [-0.05, 0) is 29.8 Å². The fraction of sp³-hybridized carbons (Fsp3) is 0. The highest BCUT2D eigenvalue weighted by atomic mass is 32.2. The van der Waals surface area contributed by atoms with Gasteiger partial charge in [0.25, 0.3) is 10.0 Å². The predicted molar refractivity (Wildman–Crippen MR) is 74.0 cm³/mol. The summed E-state index contributed by atoms with van der Waals surface area (Å²) in [6.07, 6.45) is 0. The van der Waals surface area contributed by atoms with Crippen LogP contribution in [-0.4, -0.2) is 14.4 Å². The van der Waals surface area contributed by atoms with Crippen molar-refractivity contribution in [2.75, 3.05) is 0 Å². The van der Waals surface area contributed by atoms with Gasteiger partial charge in [0, 0.05) is 9.43 Å². The number of halogens is 5. The van der Waals surface area contributed by atoms with Gasteiger partial charge in [0.15, 0.2) is 0 Å². The highest BCUT2D eigenvalue weighted by Gasteiger charge is 2.29. The third kappa shape index (κ3) is 3.43. The van der Waals surface area contributed by atoms with Gasteiger partial charge in [-0.25, -0.2) is 26.4 Å². The molecule has 0 fully saturated rings. The number of benzene rings is 2. The summed E-state index contributed by atoms with van der Waals surface area (Å²) in [5, 5.41) is 0. The van der Waals surface area contributed by atoms with Crippen LogP contribution in [0.15, 0.2) is 33.7 Å². The maximum atomic E-state index is 13.5. The van der Waals surface area contributed by atoms with E-state index in [2.05, 4.69) is 14.2 Å². The number of hydrogen-bond acceptors (Lipinski definition) is 4. The summed E-state index contributed by atoms with van der Waals surface area (Å²) in [6, 6.07) is 3.24. The van der Waals surface area contributed by atoms with E-state index >= 15 is 0 Å². The van der Waals surface area contributed by atoms with E-state index in [-0.39, 0.29) is 0 Å². The topological polar surface area (TPSA) is 109 Å². The van der Waals surface area contributed by atoms with E-state index in [9.17, 15) is 35.2 Å². The molecular formula is C13H4F5N3O4S. The molecule has 0 aromatic heterocycles. The lowest BCUT2D eigenvalue weighted by molar-refractivity contribution is 0.0716. The standard InChI is InChI=1S/C13H4F5N3O4S/c14-7-8(15)10(17)12(11(18)9(7)16)25-13(22)5-1-3-6(4-2-5)26(23,24)21-20-19/h1-4H. The molecule has 0 aliphatic rings. The predicted octanol–water partition coefficient (Wildman–Crippen LogP) is 3.60. The van der Waals surface area contributed by atoms with Crippen LogP contribution in [0.3, 0.4) is 0 Å². The first-order valence-corrected chi connectivity index (χ1v) is 7.69. The molecule has 0 bridgehead atoms. The van der Waals surface area contributed by atoms with Crippen LogP contribution in [0.4, 0.5) is 22.0 Å². The van der Waals surface area contributed by atoms with E-state index in [1.54, 1.807) is 0 Å². The van der Waals surface area contributed by atoms with Crippen molar-refractivity contribution >= 4 is 16.0 Å². The van der Waals surface area contributed by atoms with Crippen LogP contribution in [0.1, 0.15) is 10.4 Å². The Kier molecular flexibility index (Phi) is 5.14. The van der Waals surface area contributed by atoms with Gasteiger partial charge in [0.05, 0.1) is 10.5 Å². The quantitative estimate of drug-likeness (QED) is 0.116. The fourth-order valence-electron chi connectivity index (χ4n) is 1.68. The third-order valence-corrected chi connectivity index (χ3v) is 4.05. The molecule has 13 heteroatoms. The Balaban J connectivity index is 2.37. The maximum Gasteiger partial charge on any atom is 0.343 e. The first-order valence-electron chi connectivity index (χ1n) is 6.25. The Hall–Kier alpha value is -3.18. The lowest BCUT2D eigenvalue weighted by Gasteiger charge is -2.09. The summed E-state index contributed by atoms with van der Waals surface area (Å²) >= 11 is 0. The fourth-order valence-corrected chi connectivity index (χ4v) is 2.35. The van der Waals surface area contributed by atoms with Crippen LogP contribution >= 0.6 is 0 Å². The lowest BCUT2D eigenvalue weighted by atomic mass is 10.2. The van der Waals surface area contributed by atoms with Crippen molar-refractivity contribution in [2.45, 2.75) is 4.90 Å². The molecule has 0 N–H and O–H groups in total. The Bertz CT molecular complexity index is 1020. The summed E-state index contributed by atoms with van der Waals surface area (Å²) < 4.78 is 95.6. The zero-order chi connectivity index (χ0) is 19.6. The molecule has 0 aliphatic heterocycles. The highest BCUT2D eigenvalue weighted by molar-refractivity contribution is 7.90. The van der Waals surface area contributed by atoms with Gasteiger partial charge < -0.3 is 4.74 Å². The van der Waals surface area contributed by atoms with Gasteiger partial charge in [-0.15, -0.1) is 0 Å². The van der Waals surface area contributed by atoms with E-state index in [0.717, 1.165) is 24.3 Å². The number of rotatable bonds is 4. The molecule has 2 aromatic carbocycles. The summed E-state index contributed by atoms with van der Waals surface area (Å²) in [5.41, 5.74) is 7.65. The van der Waals surface area contributed by atoms with Crippen molar-refractivity contribution < 1.29 is 39.9 Å². The Morgan fingerprint density at radius 2 is 1.38 bits per heavy atom. The van der Waals surface area contributed by atoms with Crippen molar-refractivity contribution in [3.63, 3.8) is 0 Å². The average Bonchev–Trinajstić information content (AvgIpc) is 2.62. The number of carbonyl (C=O) groups excluding carboxylic acids is 1. The first-order chi connectivity index (χ1) is 12.1. The second-order valence-corrected chi connectivity index (χ2v) is 6.04. The number of ether oxygens (including phenoxy) is 1. The molecule has 7 nitrogen and oxygen atoms in total. The zero-order valence-corrected chi connectivity index (χ0v) is 12.9. The van der Waals surface area contributed by atoms with Gasteiger partial charge in [0.1, 0.15) is 0 Å². The smallest absolute Gasteiger partial charge is 0.343 e. The van der Waals surface area contributed by atoms with E-state index in [0.29, 0.717) is 0 Å². The van der Waals surface area contributed by atoms with Crippen LogP contribution in [0.25, 0.3) is 10.4 Å². The molecule has 0 heterocycles. The highest BCUT2D eigenvalue weighted by Crippen LogP contribution is 2.29. The second-order valence-electron chi connectivity index (χ2n) is 4.46. The van der Waals surface area contributed by atoms with E-state index < -0.39 is 61.3 Å². The van der Waals surface area contributed by atoms with Crippen molar-refractivity contribution in [1.29, 1.82) is 0 Å². The van der Waals surface area contributed by atoms with Crippen molar-refractivity contribution in [2.24, 2.45) is 4.52 Å². The molecule has 0 saturated heterocycles. The van der Waals surface area contributed by atoms with Gasteiger partial charge in [-0.3, -0.25) is 0 Å². The van der Waals surface area contributed by atoms with E-state index in [1.807, 2.05) is 0 Å². The van der Waals surface area contributed by atoms with Gasteiger partial charge in [-0.2, -0.15) is 8.78 Å². The number of esters is 1. The molecule has 0 aliphatic carbocycles. The Labute approximate surface area is 141 Å². The molecule has 2 aromatic rings. The molecule has 136 valence electrons. The summed E-state index contributed by atoms with van der Waals surface area (Å²) in [7, 11) is -4.35. The Morgan fingerprint density at radius 3 is 1.85 bits per heavy atom. The summed E-state index contributed by atoms with van der Waals surface area (Å²) in [5.74, 6) is -15.1. The number of hydrogen-bond donors (Lipinski definition) is 0. The minimum atomic E-state index is -4.35. The van der Waals surface area contributed by atoms with Crippen molar-refractivity contribution in [3.05, 3.63) is 69.4 Å². The Morgan fingerprint density at radius 1 is 0.923 bits per heavy atom. The van der Waals surface area contributed by atoms with Crippen LogP contribution < -0.4 is 4.74 Å². The number of azide groups is 1. The zero-order valence-electron chi connectivity index (χ0n) is 12.1. The molecule has 0 atom stereocenters. The van der Waals surface area contributed by atoms with E-state index in [4.69, 9.17) is 5.53 Å². The summed E-state index contributed by atoms with van der Waals surface area (Å²) in [4.78, 5) is 13.4. The van der Waals surface area contributed by atoms with Gasteiger partial charge >= 0.3 is 5.97 Å². The van der Waals surface area contributed by atoms with Crippen molar-refractivity contribution in [3.8, 4) is 5.75 Å². The molecular weight excluding hydrogens is 389 g/mol. The second kappa shape index (κ2) is 6.98. The monoisotopic (exact) mass is 393 g/mol. The van der Waals surface area contributed by atoms with Gasteiger partial charge in [-0.1, -0.05) is 0 Å². The molecule has 0 amide bonds. The van der Waals surface area contributed by atoms with Crippen LogP contribution in [-0.2, 0) is 10.0 Å². The largest absolute Gasteiger partial charge is 0.416 e. The molecule has 0 radical (unpaired) electrons. The number of nitrogens with zero attached hydrogens (tertiary/aromatic N) is 3. The van der Waals surface area contributed by atoms with Crippen molar-refractivity contribution in [1.82, 2.24) is 0 Å². The third-order valence-electron chi connectivity index (χ3n) is 2.90. The van der Waals surface area contributed by atoms with E-state index in [1.165, 1.54) is 0 Å². The molecule has 0 unspecified atom stereocenters. The average molecular weight is 393 g/mol. The summed E-state index contributed by atoms with van der Waals surface area (Å²) in [6.45, 7) is 0. The number of carbonyl (C=O) groups is 1.